The molecule has 1 unspecified atom stereocenters. The summed E-state index contributed by atoms with van der Waals surface area (Å²) in [6, 6.07) is 7.53. The van der Waals surface area contributed by atoms with Crippen LogP contribution in [0.5, 0.6) is 5.75 Å². The minimum Gasteiger partial charge on any atom is -0.508 e. The third-order valence-corrected chi connectivity index (χ3v) is 6.92. The van der Waals surface area contributed by atoms with E-state index in [2.05, 4.69) is 25.8 Å². The molecule has 0 saturated carbocycles. The number of anilines is 1. The SMILES string of the molecule is C=IC(F)(F)c1cc(NC(=O)NCC(CCNCCCNC)c2ccc(O)cc2)cc(C(F)(F)F)c1. The number of rotatable bonds is 13. The Morgan fingerprint density at radius 2 is 1.69 bits per heavy atom. The predicted octanol–water partition coefficient (Wildman–Crippen LogP) is 5.36. The van der Waals surface area contributed by atoms with Crippen LogP contribution in [0.25, 0.3) is 0 Å². The Morgan fingerprint density at radius 1 is 1.03 bits per heavy atom. The van der Waals surface area contributed by atoms with Crippen LogP contribution < -0.4 is 21.3 Å². The predicted molar refractivity (Wildman–Crippen MR) is 140 cm³/mol. The molecule has 2 aromatic carbocycles. The van der Waals surface area contributed by atoms with Gasteiger partial charge in [-0.1, -0.05) is 16.6 Å². The highest BCUT2D eigenvalue weighted by Crippen LogP contribution is 2.42. The minimum absolute atomic E-state index is 0.0928. The van der Waals surface area contributed by atoms with Gasteiger partial charge < -0.3 is 26.4 Å². The lowest BCUT2D eigenvalue weighted by Crippen LogP contribution is -2.33. The van der Waals surface area contributed by atoms with Crippen LogP contribution in [0.4, 0.5) is 32.4 Å². The van der Waals surface area contributed by atoms with E-state index in [-0.39, 0.29) is 23.9 Å². The Labute approximate surface area is 216 Å². The molecule has 2 rings (SSSR count). The van der Waals surface area contributed by atoms with Crippen LogP contribution in [0.3, 0.4) is 0 Å². The smallest absolute Gasteiger partial charge is 0.416 e. The van der Waals surface area contributed by atoms with Crippen LogP contribution in [0.15, 0.2) is 42.5 Å². The number of benzene rings is 2. The third kappa shape index (κ3) is 9.62. The van der Waals surface area contributed by atoms with E-state index >= 15 is 0 Å². The molecule has 0 fully saturated rings. The van der Waals surface area contributed by atoms with E-state index in [1.54, 1.807) is 12.1 Å². The van der Waals surface area contributed by atoms with Crippen molar-refractivity contribution in [3.05, 3.63) is 59.2 Å². The fraction of sp³-hybridized carbons (Fsp3) is 0.417. The molecule has 1 atom stereocenters. The molecule has 2 aromatic rings. The summed E-state index contributed by atoms with van der Waals surface area (Å²) in [6.07, 6.45) is -3.28. The molecule has 0 radical (unpaired) electrons. The van der Waals surface area contributed by atoms with Gasteiger partial charge in [-0.2, -0.15) is 22.0 Å². The lowest BCUT2D eigenvalue weighted by atomic mass is 9.95. The first-order valence-electron chi connectivity index (χ1n) is 11.2. The summed E-state index contributed by atoms with van der Waals surface area (Å²) in [5.74, 6) is -0.0688. The summed E-state index contributed by atoms with van der Waals surface area (Å²) in [5, 5.41) is 20.8. The number of halogens is 6. The van der Waals surface area contributed by atoms with Gasteiger partial charge in [-0.15, -0.1) is 0 Å². The number of phenols is 1. The minimum atomic E-state index is -4.86. The maximum atomic E-state index is 14.1. The second-order valence-corrected chi connectivity index (χ2v) is 10.2. The van der Waals surface area contributed by atoms with Crippen LogP contribution in [0.1, 0.15) is 35.4 Å². The van der Waals surface area contributed by atoms with Crippen molar-refractivity contribution in [1.29, 1.82) is 0 Å². The van der Waals surface area contributed by atoms with Gasteiger partial charge in [0.05, 0.1) is 5.56 Å². The zero-order valence-corrected chi connectivity index (χ0v) is 21.8. The number of alkyl halides is 6. The van der Waals surface area contributed by atoms with Crippen LogP contribution in [-0.2, 0) is 10.1 Å². The Balaban J connectivity index is 2.09. The molecule has 0 saturated heterocycles. The Kier molecular flexibility index (Phi) is 11.5. The van der Waals surface area contributed by atoms with Gasteiger partial charge >= 0.3 is 16.1 Å². The van der Waals surface area contributed by atoms with E-state index in [0.29, 0.717) is 25.1 Å². The highest BCUT2D eigenvalue weighted by molar-refractivity contribution is 14.2. The van der Waals surface area contributed by atoms with E-state index in [0.717, 1.165) is 31.1 Å². The summed E-state index contributed by atoms with van der Waals surface area (Å²) in [7, 11) is 1.87. The van der Waals surface area contributed by atoms with Crippen molar-refractivity contribution in [2.24, 2.45) is 0 Å². The quantitative estimate of drug-likeness (QED) is 0.0896. The topological polar surface area (TPSA) is 85.4 Å². The first-order chi connectivity index (χ1) is 17.0. The zero-order chi connectivity index (χ0) is 26.8. The number of urea groups is 1. The standard InChI is InChI=1S/C24H30F5IN4O2/c1-30-24(28,29)19-12-18(23(25,26)27)13-20(14-19)34-22(36)33-15-17(8-11-32-10-3-9-31-2)16-4-6-21(35)7-5-16/h4-7,12-14,17,31-32,35H,1,3,8-11,15H2,2H3,(H2,33,34,36). The number of amides is 2. The molecule has 5 N–H and O–H groups in total. The van der Waals surface area contributed by atoms with Gasteiger partial charge in [-0.05, 0) is 96.1 Å². The number of carbonyl (C=O) groups is 1. The van der Waals surface area contributed by atoms with E-state index < -0.39 is 48.0 Å². The summed E-state index contributed by atoms with van der Waals surface area (Å²) in [4.78, 5) is 12.5. The molecule has 0 aliphatic rings. The highest BCUT2D eigenvalue weighted by Gasteiger charge is 2.36. The molecular weight excluding hydrogens is 598 g/mol. The molecular formula is C24H30F5IN4O2. The number of phenolic OH excluding ortho intramolecular Hbond substituents is 1. The molecule has 0 aliphatic heterocycles. The maximum absolute atomic E-state index is 14.1. The van der Waals surface area contributed by atoms with Crippen molar-refractivity contribution in [3.63, 3.8) is 0 Å². The molecule has 0 aromatic heterocycles. The summed E-state index contributed by atoms with van der Waals surface area (Å²) < 4.78 is 67.7. The van der Waals surface area contributed by atoms with Crippen molar-refractivity contribution in [1.82, 2.24) is 16.0 Å². The largest absolute Gasteiger partial charge is 0.508 e. The van der Waals surface area contributed by atoms with Crippen LogP contribution in [0.2, 0.25) is 0 Å². The normalized spacial score (nSPS) is 12.8. The number of hydrogen-bond donors (Lipinski definition) is 5. The van der Waals surface area contributed by atoms with Gasteiger partial charge in [0.15, 0.2) is 0 Å². The lowest BCUT2D eigenvalue weighted by Gasteiger charge is -2.20. The van der Waals surface area contributed by atoms with E-state index in [9.17, 15) is 31.9 Å². The fourth-order valence-electron chi connectivity index (χ4n) is 3.42. The van der Waals surface area contributed by atoms with Crippen molar-refractivity contribution in [2.45, 2.75) is 28.9 Å². The van der Waals surface area contributed by atoms with Crippen molar-refractivity contribution < 1.29 is 31.9 Å². The zero-order valence-electron chi connectivity index (χ0n) is 19.7. The van der Waals surface area contributed by atoms with Crippen molar-refractivity contribution in [3.8, 4) is 5.75 Å². The second-order valence-electron chi connectivity index (χ2n) is 8.05. The molecule has 0 bridgehead atoms. The first kappa shape index (κ1) is 29.9. The number of nitrogens with one attached hydrogen (secondary N) is 4. The second kappa shape index (κ2) is 13.8. The van der Waals surface area contributed by atoms with E-state index in [1.807, 2.05) is 7.05 Å². The monoisotopic (exact) mass is 628 g/mol. The molecule has 0 aliphatic carbocycles. The Hall–Kier alpha value is -2.32. The molecule has 12 heteroatoms. The van der Waals surface area contributed by atoms with E-state index in [1.165, 1.54) is 12.1 Å². The average Bonchev–Trinajstić information content (AvgIpc) is 2.83. The van der Waals surface area contributed by atoms with Gasteiger partial charge in [-0.3, -0.25) is 0 Å². The fourth-order valence-corrected chi connectivity index (χ4v) is 4.17. The molecule has 36 heavy (non-hydrogen) atoms. The Bertz CT molecular complexity index is 1000. The van der Waals surface area contributed by atoms with Gasteiger partial charge in [-0.25, -0.2) is 4.79 Å². The Morgan fingerprint density at radius 3 is 2.31 bits per heavy atom. The van der Waals surface area contributed by atoms with Crippen molar-refractivity contribution >= 4 is 37.0 Å². The number of hydrogen-bond acceptors (Lipinski definition) is 4. The number of carbonyl (C=O) groups excluding carboxylic acids is 1. The van der Waals surface area contributed by atoms with Gasteiger partial charge in [0.2, 0.25) is 0 Å². The summed E-state index contributed by atoms with van der Waals surface area (Å²) in [5.41, 5.74) is -1.65. The maximum Gasteiger partial charge on any atom is 0.416 e. The summed E-state index contributed by atoms with van der Waals surface area (Å²) >= 11 is -1.96. The molecule has 2 amide bonds. The molecule has 0 heterocycles. The lowest BCUT2D eigenvalue weighted by molar-refractivity contribution is -0.137. The van der Waals surface area contributed by atoms with Crippen molar-refractivity contribution in [2.75, 3.05) is 38.5 Å². The van der Waals surface area contributed by atoms with Crippen LogP contribution in [0, 0.1) is 0 Å². The van der Waals surface area contributed by atoms with Crippen LogP contribution in [-0.4, -0.2) is 48.9 Å². The number of aromatic hydroxyl groups is 1. The highest BCUT2D eigenvalue weighted by atomic mass is 127. The summed E-state index contributed by atoms with van der Waals surface area (Å²) in [6.45, 7) is 2.46. The van der Waals surface area contributed by atoms with Gasteiger partial charge in [0, 0.05) is 23.7 Å². The van der Waals surface area contributed by atoms with Gasteiger partial charge in [0.1, 0.15) is 5.75 Å². The molecule has 0 spiro atoms. The van der Waals surface area contributed by atoms with Crippen LogP contribution >= 0.6 is 20.7 Å². The van der Waals surface area contributed by atoms with E-state index in [4.69, 9.17) is 0 Å². The first-order valence-corrected chi connectivity index (χ1v) is 13.8. The average molecular weight is 628 g/mol. The van der Waals surface area contributed by atoms with Gasteiger partial charge in [0.25, 0.3) is 0 Å². The molecule has 200 valence electrons. The third-order valence-electron chi connectivity index (χ3n) is 5.34. The molecule has 6 nitrogen and oxygen atoms in total.